The van der Waals surface area contributed by atoms with Crippen LogP contribution in [0.3, 0.4) is 0 Å². The van der Waals surface area contributed by atoms with Gasteiger partial charge in [-0.1, -0.05) is 48.0 Å². The molecule has 3 aromatic carbocycles. The minimum Gasteiger partial charge on any atom is -0.491 e. The number of hydrogen-bond donors (Lipinski definition) is 2. The van der Waals surface area contributed by atoms with Gasteiger partial charge in [0.15, 0.2) is 0 Å². The fourth-order valence-corrected chi connectivity index (χ4v) is 3.48. The predicted molar refractivity (Wildman–Crippen MR) is 112 cm³/mol. The van der Waals surface area contributed by atoms with Crippen LogP contribution in [0.5, 0.6) is 5.75 Å². The predicted octanol–water partition coefficient (Wildman–Crippen LogP) is 3.67. The number of hydrogen-bond acceptors (Lipinski definition) is 4. The number of sulfonamides is 1. The molecule has 0 aromatic heterocycles. The van der Waals surface area contributed by atoms with Crippen molar-refractivity contribution in [2.75, 3.05) is 24.1 Å². The molecule has 28 heavy (non-hydrogen) atoms. The van der Waals surface area contributed by atoms with Crippen molar-refractivity contribution in [2.24, 2.45) is 0 Å². The molecule has 0 atom stereocenters. The minimum absolute atomic E-state index is 0.181. The van der Waals surface area contributed by atoms with Gasteiger partial charge in [0, 0.05) is 11.1 Å². The van der Waals surface area contributed by atoms with Gasteiger partial charge < -0.3 is 10.1 Å². The molecule has 1 amide bonds. The Labute approximate surface area is 168 Å². The van der Waals surface area contributed by atoms with Crippen molar-refractivity contribution in [2.45, 2.75) is 0 Å². The summed E-state index contributed by atoms with van der Waals surface area (Å²) >= 11 is 6.07. The summed E-state index contributed by atoms with van der Waals surface area (Å²) < 4.78 is 30.8. The smallest absolute Gasteiger partial charge is 0.252 e. The molecule has 0 saturated heterocycles. The number of fused-ring (bicyclic) bond motifs is 1. The summed E-state index contributed by atoms with van der Waals surface area (Å²) in [6.45, 7) is 0.542. The molecule has 146 valence electrons. The van der Waals surface area contributed by atoms with Gasteiger partial charge in [-0.3, -0.25) is 9.52 Å². The maximum Gasteiger partial charge on any atom is 0.252 e. The highest BCUT2D eigenvalue weighted by molar-refractivity contribution is 7.92. The third kappa shape index (κ3) is 5.15. The van der Waals surface area contributed by atoms with Gasteiger partial charge in [-0.2, -0.15) is 0 Å². The molecule has 0 fully saturated rings. The number of amides is 1. The second-order valence-corrected chi connectivity index (χ2v) is 8.31. The summed E-state index contributed by atoms with van der Waals surface area (Å²) in [4.78, 5) is 12.4. The molecule has 0 spiro atoms. The van der Waals surface area contributed by atoms with Crippen molar-refractivity contribution in [1.29, 1.82) is 0 Å². The van der Waals surface area contributed by atoms with Crippen molar-refractivity contribution in [3.05, 3.63) is 71.2 Å². The average Bonchev–Trinajstić information content (AvgIpc) is 2.65. The van der Waals surface area contributed by atoms with Crippen LogP contribution in [-0.2, 0) is 10.0 Å². The van der Waals surface area contributed by atoms with Gasteiger partial charge in [-0.05, 0) is 29.7 Å². The molecular weight excluding hydrogens is 400 g/mol. The zero-order chi connectivity index (χ0) is 20.1. The van der Waals surface area contributed by atoms with Crippen molar-refractivity contribution in [3.63, 3.8) is 0 Å². The second kappa shape index (κ2) is 8.50. The van der Waals surface area contributed by atoms with E-state index in [1.165, 1.54) is 18.2 Å². The van der Waals surface area contributed by atoms with Gasteiger partial charge in [-0.15, -0.1) is 0 Å². The Kier molecular flexibility index (Phi) is 6.06. The van der Waals surface area contributed by atoms with E-state index in [2.05, 4.69) is 10.0 Å². The zero-order valence-corrected chi connectivity index (χ0v) is 16.7. The zero-order valence-electron chi connectivity index (χ0n) is 15.1. The molecule has 0 radical (unpaired) electrons. The van der Waals surface area contributed by atoms with Gasteiger partial charge in [-0.25, -0.2) is 8.42 Å². The quantitative estimate of drug-likeness (QED) is 0.573. The Balaban J connectivity index is 1.61. The lowest BCUT2D eigenvalue weighted by atomic mass is 10.1. The van der Waals surface area contributed by atoms with E-state index in [-0.39, 0.29) is 29.4 Å². The Morgan fingerprint density at radius 3 is 2.61 bits per heavy atom. The molecule has 0 heterocycles. The molecule has 8 heteroatoms. The Morgan fingerprint density at radius 2 is 1.82 bits per heavy atom. The van der Waals surface area contributed by atoms with E-state index in [1.807, 2.05) is 42.5 Å². The van der Waals surface area contributed by atoms with Gasteiger partial charge in [0.2, 0.25) is 10.0 Å². The summed E-state index contributed by atoms with van der Waals surface area (Å²) in [5.74, 6) is 0.327. The third-order valence-corrected chi connectivity index (χ3v) is 4.85. The highest BCUT2D eigenvalue weighted by atomic mass is 35.5. The molecule has 3 aromatic rings. The summed E-state index contributed by atoms with van der Waals surface area (Å²) in [6, 6.07) is 18.0. The lowest BCUT2D eigenvalue weighted by molar-refractivity contribution is 0.0947. The number of halogens is 1. The Morgan fingerprint density at radius 1 is 1.07 bits per heavy atom. The van der Waals surface area contributed by atoms with Crippen molar-refractivity contribution in [3.8, 4) is 5.75 Å². The number of carbonyl (C=O) groups is 1. The van der Waals surface area contributed by atoms with Crippen LogP contribution in [-0.4, -0.2) is 33.7 Å². The Bertz CT molecular complexity index is 1110. The summed E-state index contributed by atoms with van der Waals surface area (Å²) in [6.07, 6.45) is 1.03. The topological polar surface area (TPSA) is 84.5 Å². The highest BCUT2D eigenvalue weighted by Crippen LogP contribution is 2.25. The standard InChI is InChI=1S/C20H19ClN2O4S/c1-28(25,26)23-15-9-10-18(21)17(13-15)20(24)22-11-12-27-19-8-4-6-14-5-2-3-7-16(14)19/h2-10,13,23H,11-12H2,1H3,(H,22,24). The lowest BCUT2D eigenvalue weighted by Crippen LogP contribution is -2.28. The van der Waals surface area contributed by atoms with E-state index in [4.69, 9.17) is 16.3 Å². The number of anilines is 1. The van der Waals surface area contributed by atoms with E-state index in [0.717, 1.165) is 22.8 Å². The van der Waals surface area contributed by atoms with Crippen LogP contribution in [0.2, 0.25) is 5.02 Å². The number of carbonyl (C=O) groups excluding carboxylic acids is 1. The SMILES string of the molecule is CS(=O)(=O)Nc1ccc(Cl)c(C(=O)NCCOc2cccc3ccccc23)c1. The van der Waals surface area contributed by atoms with Gasteiger partial charge in [0.05, 0.1) is 23.4 Å². The minimum atomic E-state index is -3.45. The molecule has 0 bridgehead atoms. The molecule has 0 saturated carbocycles. The number of rotatable bonds is 7. The molecule has 0 aliphatic heterocycles. The largest absolute Gasteiger partial charge is 0.491 e. The van der Waals surface area contributed by atoms with Crippen LogP contribution in [0.1, 0.15) is 10.4 Å². The monoisotopic (exact) mass is 418 g/mol. The second-order valence-electron chi connectivity index (χ2n) is 6.15. The summed E-state index contributed by atoms with van der Waals surface area (Å²) in [5, 5.41) is 5.02. The normalized spacial score (nSPS) is 11.2. The third-order valence-electron chi connectivity index (χ3n) is 3.91. The van der Waals surface area contributed by atoms with Crippen molar-refractivity contribution < 1.29 is 17.9 Å². The summed E-state index contributed by atoms with van der Waals surface area (Å²) in [7, 11) is -3.45. The number of benzene rings is 3. The lowest BCUT2D eigenvalue weighted by Gasteiger charge is -2.11. The average molecular weight is 419 g/mol. The first-order chi connectivity index (χ1) is 13.3. The van der Waals surface area contributed by atoms with Gasteiger partial charge >= 0.3 is 0 Å². The van der Waals surface area contributed by atoms with Crippen LogP contribution in [0.4, 0.5) is 5.69 Å². The van der Waals surface area contributed by atoms with E-state index in [1.54, 1.807) is 0 Å². The maximum absolute atomic E-state index is 12.4. The fraction of sp³-hybridized carbons (Fsp3) is 0.150. The van der Waals surface area contributed by atoms with Crippen LogP contribution >= 0.6 is 11.6 Å². The van der Waals surface area contributed by atoms with Crippen LogP contribution in [0, 0.1) is 0 Å². The Hall–Kier alpha value is -2.77. The van der Waals surface area contributed by atoms with Gasteiger partial charge in [0.25, 0.3) is 5.91 Å². The number of nitrogens with one attached hydrogen (secondary N) is 2. The van der Waals surface area contributed by atoms with Crippen molar-refractivity contribution >= 4 is 44.0 Å². The molecular formula is C20H19ClN2O4S. The molecule has 0 unspecified atom stereocenters. The summed E-state index contributed by atoms with van der Waals surface area (Å²) in [5.41, 5.74) is 0.449. The van der Waals surface area contributed by atoms with E-state index in [0.29, 0.717) is 0 Å². The highest BCUT2D eigenvalue weighted by Gasteiger charge is 2.12. The van der Waals surface area contributed by atoms with Crippen LogP contribution in [0.25, 0.3) is 10.8 Å². The molecule has 3 rings (SSSR count). The molecule has 6 nitrogen and oxygen atoms in total. The molecule has 0 aliphatic rings. The van der Waals surface area contributed by atoms with Gasteiger partial charge in [0.1, 0.15) is 12.4 Å². The first-order valence-corrected chi connectivity index (χ1v) is 10.8. The van der Waals surface area contributed by atoms with Crippen molar-refractivity contribution in [1.82, 2.24) is 5.32 Å². The first-order valence-electron chi connectivity index (χ1n) is 8.49. The first kappa shape index (κ1) is 20.0. The molecule has 2 N–H and O–H groups in total. The van der Waals surface area contributed by atoms with E-state index in [9.17, 15) is 13.2 Å². The molecule has 0 aliphatic carbocycles. The van der Waals surface area contributed by atoms with Crippen LogP contribution in [0.15, 0.2) is 60.7 Å². The fourth-order valence-electron chi connectivity index (χ4n) is 2.72. The maximum atomic E-state index is 12.4. The van der Waals surface area contributed by atoms with E-state index < -0.39 is 15.9 Å². The van der Waals surface area contributed by atoms with E-state index >= 15 is 0 Å². The number of ether oxygens (including phenoxy) is 1. The van der Waals surface area contributed by atoms with Crippen LogP contribution < -0.4 is 14.8 Å².